The van der Waals surface area contributed by atoms with Crippen LogP contribution in [0.4, 0.5) is 8.78 Å². The van der Waals surface area contributed by atoms with Gasteiger partial charge in [0.15, 0.2) is 0 Å². The standard InChI is InChI=1S/C12H19F2NO/c1-9-2-4-12(5-3-9)7-15(8-12)11(16)6-10(13)14/h9-10H,2-8H2,1H3. The van der Waals surface area contributed by atoms with E-state index in [0.717, 1.165) is 18.8 Å². The van der Waals surface area contributed by atoms with Crippen LogP contribution in [0.2, 0.25) is 0 Å². The van der Waals surface area contributed by atoms with E-state index in [1.54, 1.807) is 4.90 Å². The number of likely N-dealkylation sites (tertiary alicyclic amines) is 1. The molecule has 92 valence electrons. The third kappa shape index (κ3) is 2.36. The Kier molecular flexibility index (Phi) is 3.17. The van der Waals surface area contributed by atoms with Gasteiger partial charge in [0.05, 0.1) is 6.42 Å². The fourth-order valence-corrected chi connectivity index (χ4v) is 2.89. The van der Waals surface area contributed by atoms with Gasteiger partial charge in [0, 0.05) is 18.5 Å². The van der Waals surface area contributed by atoms with Crippen molar-refractivity contribution in [3.63, 3.8) is 0 Å². The second-order valence-corrected chi connectivity index (χ2v) is 5.53. The Morgan fingerprint density at radius 1 is 1.38 bits per heavy atom. The van der Waals surface area contributed by atoms with Gasteiger partial charge < -0.3 is 4.90 Å². The van der Waals surface area contributed by atoms with Crippen molar-refractivity contribution in [1.29, 1.82) is 0 Å². The van der Waals surface area contributed by atoms with E-state index in [1.807, 2.05) is 0 Å². The van der Waals surface area contributed by atoms with E-state index in [4.69, 9.17) is 0 Å². The maximum absolute atomic E-state index is 12.0. The fraction of sp³-hybridized carbons (Fsp3) is 0.917. The Morgan fingerprint density at radius 3 is 2.44 bits per heavy atom. The second-order valence-electron chi connectivity index (χ2n) is 5.53. The molecule has 4 heteroatoms. The van der Waals surface area contributed by atoms with Crippen LogP contribution in [0.3, 0.4) is 0 Å². The Hall–Kier alpha value is -0.670. The van der Waals surface area contributed by atoms with Crippen molar-refractivity contribution < 1.29 is 13.6 Å². The fourth-order valence-electron chi connectivity index (χ4n) is 2.89. The van der Waals surface area contributed by atoms with Crippen molar-refractivity contribution in [3.05, 3.63) is 0 Å². The molecule has 2 fully saturated rings. The number of alkyl halides is 2. The summed E-state index contributed by atoms with van der Waals surface area (Å²) in [7, 11) is 0. The molecule has 0 aromatic heterocycles. The molecule has 2 nitrogen and oxygen atoms in total. The highest BCUT2D eigenvalue weighted by atomic mass is 19.3. The first-order chi connectivity index (χ1) is 7.51. The van der Waals surface area contributed by atoms with Gasteiger partial charge in [0.2, 0.25) is 12.3 Å². The summed E-state index contributed by atoms with van der Waals surface area (Å²) in [6, 6.07) is 0. The zero-order chi connectivity index (χ0) is 11.8. The molecule has 1 aliphatic carbocycles. The van der Waals surface area contributed by atoms with Crippen molar-refractivity contribution in [2.45, 2.75) is 45.5 Å². The molecule has 0 atom stereocenters. The molecule has 1 saturated carbocycles. The van der Waals surface area contributed by atoms with Crippen LogP contribution in [0.5, 0.6) is 0 Å². The van der Waals surface area contributed by atoms with Crippen LogP contribution in [-0.2, 0) is 4.79 Å². The summed E-state index contributed by atoms with van der Waals surface area (Å²) < 4.78 is 24.1. The summed E-state index contributed by atoms with van der Waals surface area (Å²) in [5.74, 6) is 0.413. The molecular weight excluding hydrogens is 212 g/mol. The first kappa shape index (κ1) is 11.8. The minimum Gasteiger partial charge on any atom is -0.341 e. The van der Waals surface area contributed by atoms with Gasteiger partial charge in [0.25, 0.3) is 0 Å². The number of hydrogen-bond acceptors (Lipinski definition) is 1. The average Bonchev–Trinajstić information content (AvgIpc) is 2.14. The van der Waals surface area contributed by atoms with Gasteiger partial charge in [-0.15, -0.1) is 0 Å². The molecule has 2 rings (SSSR count). The van der Waals surface area contributed by atoms with Crippen LogP contribution in [0.15, 0.2) is 0 Å². The third-order valence-corrected chi connectivity index (χ3v) is 4.07. The number of rotatable bonds is 2. The lowest BCUT2D eigenvalue weighted by Gasteiger charge is -2.53. The van der Waals surface area contributed by atoms with E-state index < -0.39 is 12.8 Å². The molecule has 0 radical (unpaired) electrons. The van der Waals surface area contributed by atoms with Crippen LogP contribution in [0.1, 0.15) is 39.0 Å². The van der Waals surface area contributed by atoms with Gasteiger partial charge in [-0.05, 0) is 18.8 Å². The highest BCUT2D eigenvalue weighted by Gasteiger charge is 2.46. The van der Waals surface area contributed by atoms with E-state index in [9.17, 15) is 13.6 Å². The summed E-state index contributed by atoms with van der Waals surface area (Å²) >= 11 is 0. The minimum atomic E-state index is -2.50. The van der Waals surface area contributed by atoms with E-state index in [-0.39, 0.29) is 11.3 Å². The second kappa shape index (κ2) is 4.30. The lowest BCUT2D eigenvalue weighted by atomic mass is 9.66. The smallest absolute Gasteiger partial charge is 0.247 e. The maximum Gasteiger partial charge on any atom is 0.247 e. The van der Waals surface area contributed by atoms with Crippen molar-refractivity contribution in [3.8, 4) is 0 Å². The quantitative estimate of drug-likeness (QED) is 0.715. The Balaban J connectivity index is 1.78. The molecule has 1 heterocycles. The molecule has 0 bridgehead atoms. The zero-order valence-corrected chi connectivity index (χ0v) is 9.72. The predicted molar refractivity (Wildman–Crippen MR) is 57.3 cm³/mol. The van der Waals surface area contributed by atoms with Gasteiger partial charge in [-0.3, -0.25) is 4.79 Å². The van der Waals surface area contributed by atoms with Gasteiger partial charge in [-0.2, -0.15) is 0 Å². The number of amides is 1. The lowest BCUT2D eigenvalue weighted by Crippen LogP contribution is -2.59. The summed E-state index contributed by atoms with van der Waals surface area (Å²) in [6.07, 6.45) is 1.65. The first-order valence-corrected chi connectivity index (χ1v) is 6.07. The van der Waals surface area contributed by atoms with Gasteiger partial charge in [0.1, 0.15) is 0 Å². The number of carbonyl (C=O) groups is 1. The molecule has 1 saturated heterocycles. The monoisotopic (exact) mass is 231 g/mol. The third-order valence-electron chi connectivity index (χ3n) is 4.07. The maximum atomic E-state index is 12.0. The van der Waals surface area contributed by atoms with E-state index >= 15 is 0 Å². The number of carbonyl (C=O) groups excluding carboxylic acids is 1. The lowest BCUT2D eigenvalue weighted by molar-refractivity contribution is -0.148. The summed E-state index contributed by atoms with van der Waals surface area (Å²) in [5.41, 5.74) is 0.282. The van der Waals surface area contributed by atoms with Crippen LogP contribution >= 0.6 is 0 Å². The summed E-state index contributed by atoms with van der Waals surface area (Å²) in [5, 5.41) is 0. The number of nitrogens with zero attached hydrogens (tertiary/aromatic N) is 1. The first-order valence-electron chi connectivity index (χ1n) is 6.07. The number of hydrogen-bond donors (Lipinski definition) is 0. The topological polar surface area (TPSA) is 20.3 Å². The van der Waals surface area contributed by atoms with E-state index in [1.165, 1.54) is 12.8 Å². The van der Waals surface area contributed by atoms with E-state index in [2.05, 4.69) is 6.92 Å². The van der Waals surface area contributed by atoms with Crippen LogP contribution in [-0.4, -0.2) is 30.3 Å². The SMILES string of the molecule is CC1CCC2(CC1)CN(C(=O)CC(F)F)C2. The highest BCUT2D eigenvalue weighted by Crippen LogP contribution is 2.45. The van der Waals surface area contributed by atoms with Crippen molar-refractivity contribution >= 4 is 5.91 Å². The van der Waals surface area contributed by atoms with Gasteiger partial charge >= 0.3 is 0 Å². The van der Waals surface area contributed by atoms with Crippen LogP contribution < -0.4 is 0 Å². The minimum absolute atomic E-state index is 0.282. The summed E-state index contributed by atoms with van der Waals surface area (Å²) in [4.78, 5) is 13.0. The normalized spacial score (nSPS) is 24.9. The molecule has 1 amide bonds. The van der Waals surface area contributed by atoms with Crippen LogP contribution in [0, 0.1) is 11.3 Å². The zero-order valence-electron chi connectivity index (χ0n) is 9.72. The predicted octanol–water partition coefficient (Wildman–Crippen LogP) is 2.68. The molecule has 0 aromatic rings. The molecule has 2 aliphatic rings. The molecule has 16 heavy (non-hydrogen) atoms. The average molecular weight is 231 g/mol. The van der Waals surface area contributed by atoms with Crippen molar-refractivity contribution in [2.24, 2.45) is 11.3 Å². The van der Waals surface area contributed by atoms with Crippen molar-refractivity contribution in [1.82, 2.24) is 4.90 Å². The molecular formula is C12H19F2NO. The summed E-state index contributed by atoms with van der Waals surface area (Å²) in [6.45, 7) is 3.68. The Morgan fingerprint density at radius 2 is 1.94 bits per heavy atom. The van der Waals surface area contributed by atoms with Crippen LogP contribution in [0.25, 0.3) is 0 Å². The van der Waals surface area contributed by atoms with Crippen molar-refractivity contribution in [2.75, 3.05) is 13.1 Å². The largest absolute Gasteiger partial charge is 0.341 e. The molecule has 0 aromatic carbocycles. The Labute approximate surface area is 95.0 Å². The molecule has 0 N–H and O–H groups in total. The van der Waals surface area contributed by atoms with E-state index in [0.29, 0.717) is 13.1 Å². The number of halogens is 2. The molecule has 1 spiro atoms. The molecule has 0 unspecified atom stereocenters. The molecule has 1 aliphatic heterocycles. The highest BCUT2D eigenvalue weighted by molar-refractivity contribution is 5.77. The Bertz CT molecular complexity index is 264. The van der Waals surface area contributed by atoms with Gasteiger partial charge in [-0.1, -0.05) is 19.8 Å². The van der Waals surface area contributed by atoms with Gasteiger partial charge in [-0.25, -0.2) is 8.78 Å².